The lowest BCUT2D eigenvalue weighted by atomic mass is 10.1. The molecular formula is C18H23NO3. The van der Waals surface area contributed by atoms with Crippen LogP contribution < -0.4 is 5.32 Å². The van der Waals surface area contributed by atoms with E-state index in [-0.39, 0.29) is 17.5 Å². The zero-order chi connectivity index (χ0) is 15.9. The molecule has 0 aliphatic carbocycles. The average molecular weight is 301 g/mol. The quantitative estimate of drug-likeness (QED) is 0.469. The number of phenols is 3. The summed E-state index contributed by atoms with van der Waals surface area (Å²) in [4.78, 5) is 0. The van der Waals surface area contributed by atoms with E-state index in [2.05, 4.69) is 12.2 Å². The summed E-state index contributed by atoms with van der Waals surface area (Å²) in [6.45, 7) is 2.99. The van der Waals surface area contributed by atoms with Gasteiger partial charge in [0.2, 0.25) is 0 Å². The van der Waals surface area contributed by atoms with Crippen LogP contribution in [0.5, 0.6) is 17.2 Å². The Balaban J connectivity index is 1.71. The summed E-state index contributed by atoms with van der Waals surface area (Å²) in [5.41, 5.74) is 2.13. The van der Waals surface area contributed by atoms with E-state index in [4.69, 9.17) is 0 Å². The van der Waals surface area contributed by atoms with Crippen molar-refractivity contribution in [2.45, 2.75) is 32.2 Å². The summed E-state index contributed by atoms with van der Waals surface area (Å²) in [5, 5.41) is 31.6. The number of hydrogen-bond donors (Lipinski definition) is 4. The van der Waals surface area contributed by atoms with Gasteiger partial charge in [0, 0.05) is 6.04 Å². The largest absolute Gasteiger partial charge is 0.508 e. The first-order valence-corrected chi connectivity index (χ1v) is 7.57. The number of rotatable bonds is 7. The highest BCUT2D eigenvalue weighted by atomic mass is 16.3. The maximum atomic E-state index is 9.48. The highest BCUT2D eigenvalue weighted by Crippen LogP contribution is 2.25. The van der Waals surface area contributed by atoms with Crippen molar-refractivity contribution >= 4 is 0 Å². The van der Waals surface area contributed by atoms with E-state index in [0.717, 1.165) is 36.9 Å². The number of phenolic OH excluding ortho intramolecular Hbond substituents is 3. The molecule has 4 nitrogen and oxygen atoms in total. The van der Waals surface area contributed by atoms with Crippen molar-refractivity contribution in [1.29, 1.82) is 0 Å². The molecule has 1 atom stereocenters. The number of aryl methyl sites for hydroxylation is 1. The number of benzene rings is 2. The average Bonchev–Trinajstić information content (AvgIpc) is 2.48. The Morgan fingerprint density at radius 1 is 0.955 bits per heavy atom. The van der Waals surface area contributed by atoms with Gasteiger partial charge >= 0.3 is 0 Å². The van der Waals surface area contributed by atoms with E-state index in [1.807, 2.05) is 18.2 Å². The summed E-state index contributed by atoms with van der Waals surface area (Å²) >= 11 is 0. The zero-order valence-electron chi connectivity index (χ0n) is 12.8. The molecule has 0 spiro atoms. The third-order valence-corrected chi connectivity index (χ3v) is 3.63. The normalized spacial score (nSPS) is 12.2. The molecule has 0 aliphatic heterocycles. The standard InChI is InChI=1S/C18H23NO3/c1-13(10-15-7-8-17(21)18(22)12-15)19-9-3-5-14-4-2-6-16(20)11-14/h2,4,6-8,11-13,19-22H,3,5,9-10H2,1H3. The van der Waals surface area contributed by atoms with Crippen LogP contribution in [0.2, 0.25) is 0 Å². The minimum atomic E-state index is -0.0875. The minimum Gasteiger partial charge on any atom is -0.508 e. The first kappa shape index (κ1) is 16.2. The molecular weight excluding hydrogens is 278 g/mol. The van der Waals surface area contributed by atoms with Crippen LogP contribution in [0.1, 0.15) is 24.5 Å². The van der Waals surface area contributed by atoms with E-state index in [0.29, 0.717) is 5.75 Å². The first-order valence-electron chi connectivity index (χ1n) is 7.57. The van der Waals surface area contributed by atoms with Crippen molar-refractivity contribution in [3.63, 3.8) is 0 Å². The molecule has 4 heteroatoms. The summed E-state index contributed by atoms with van der Waals surface area (Å²) in [5.74, 6) is 0.148. The Kier molecular flexibility index (Phi) is 5.67. The lowest BCUT2D eigenvalue weighted by Gasteiger charge is -2.14. The molecule has 2 aromatic rings. The molecule has 0 bridgehead atoms. The van der Waals surface area contributed by atoms with Crippen molar-refractivity contribution in [3.8, 4) is 17.2 Å². The topological polar surface area (TPSA) is 72.7 Å². The zero-order valence-corrected chi connectivity index (χ0v) is 12.8. The summed E-state index contributed by atoms with van der Waals surface area (Å²) in [6.07, 6.45) is 2.71. The lowest BCUT2D eigenvalue weighted by molar-refractivity contribution is 0.402. The molecule has 0 saturated heterocycles. The van der Waals surface area contributed by atoms with Crippen molar-refractivity contribution in [2.24, 2.45) is 0 Å². The van der Waals surface area contributed by atoms with Gasteiger partial charge in [-0.2, -0.15) is 0 Å². The Morgan fingerprint density at radius 2 is 1.77 bits per heavy atom. The number of hydrogen-bond acceptors (Lipinski definition) is 4. The molecule has 0 fully saturated rings. The maximum Gasteiger partial charge on any atom is 0.157 e. The van der Waals surface area contributed by atoms with Gasteiger partial charge in [0.25, 0.3) is 0 Å². The molecule has 0 saturated carbocycles. The molecule has 118 valence electrons. The smallest absolute Gasteiger partial charge is 0.157 e. The fourth-order valence-corrected chi connectivity index (χ4v) is 2.47. The van der Waals surface area contributed by atoms with E-state index >= 15 is 0 Å². The highest BCUT2D eigenvalue weighted by molar-refractivity contribution is 5.40. The predicted molar refractivity (Wildman–Crippen MR) is 87.4 cm³/mol. The molecule has 2 aromatic carbocycles. The van der Waals surface area contributed by atoms with E-state index in [9.17, 15) is 15.3 Å². The first-order chi connectivity index (χ1) is 10.5. The van der Waals surface area contributed by atoms with Gasteiger partial charge < -0.3 is 20.6 Å². The molecule has 0 aliphatic rings. The van der Waals surface area contributed by atoms with Gasteiger partial charge in [0.1, 0.15) is 5.75 Å². The van der Waals surface area contributed by atoms with Crippen LogP contribution in [0.4, 0.5) is 0 Å². The van der Waals surface area contributed by atoms with E-state index in [1.165, 1.54) is 6.07 Å². The van der Waals surface area contributed by atoms with Crippen LogP contribution in [0.15, 0.2) is 42.5 Å². The third kappa shape index (κ3) is 4.97. The van der Waals surface area contributed by atoms with Gasteiger partial charge in [-0.15, -0.1) is 0 Å². The fraction of sp³-hybridized carbons (Fsp3) is 0.333. The Hall–Kier alpha value is -2.20. The van der Waals surface area contributed by atoms with Crippen molar-refractivity contribution in [3.05, 3.63) is 53.6 Å². The highest BCUT2D eigenvalue weighted by Gasteiger charge is 2.06. The van der Waals surface area contributed by atoms with E-state index < -0.39 is 0 Å². The second-order valence-corrected chi connectivity index (χ2v) is 5.66. The summed E-state index contributed by atoms with van der Waals surface area (Å²) in [7, 11) is 0. The minimum absolute atomic E-state index is 0.0754. The van der Waals surface area contributed by atoms with Crippen molar-refractivity contribution < 1.29 is 15.3 Å². The van der Waals surface area contributed by atoms with Crippen LogP contribution in [-0.2, 0) is 12.8 Å². The molecule has 0 radical (unpaired) electrons. The van der Waals surface area contributed by atoms with Gasteiger partial charge in [0.05, 0.1) is 0 Å². The van der Waals surface area contributed by atoms with Crippen LogP contribution in [0.25, 0.3) is 0 Å². The van der Waals surface area contributed by atoms with Crippen LogP contribution in [0.3, 0.4) is 0 Å². The molecule has 22 heavy (non-hydrogen) atoms. The second kappa shape index (κ2) is 7.71. The number of nitrogens with one attached hydrogen (secondary N) is 1. The molecule has 2 rings (SSSR count). The van der Waals surface area contributed by atoms with Crippen molar-refractivity contribution in [1.82, 2.24) is 5.32 Å². The Morgan fingerprint density at radius 3 is 2.50 bits per heavy atom. The van der Waals surface area contributed by atoms with Gasteiger partial charge in [-0.05, 0) is 68.1 Å². The maximum absolute atomic E-state index is 9.48. The monoisotopic (exact) mass is 301 g/mol. The SMILES string of the molecule is CC(Cc1ccc(O)c(O)c1)NCCCc1cccc(O)c1. The predicted octanol–water partition coefficient (Wildman–Crippen LogP) is 2.96. The summed E-state index contributed by atoms with van der Waals surface area (Å²) < 4.78 is 0. The van der Waals surface area contributed by atoms with E-state index in [1.54, 1.807) is 18.2 Å². The lowest BCUT2D eigenvalue weighted by Crippen LogP contribution is -2.29. The Bertz CT molecular complexity index is 613. The van der Waals surface area contributed by atoms with Crippen molar-refractivity contribution in [2.75, 3.05) is 6.54 Å². The van der Waals surface area contributed by atoms with Gasteiger partial charge in [-0.1, -0.05) is 18.2 Å². The molecule has 4 N–H and O–H groups in total. The molecule has 1 unspecified atom stereocenters. The second-order valence-electron chi connectivity index (χ2n) is 5.66. The Labute approximate surface area is 131 Å². The summed E-state index contributed by atoms with van der Waals surface area (Å²) in [6, 6.07) is 12.6. The molecule has 0 aromatic heterocycles. The van der Waals surface area contributed by atoms with Crippen LogP contribution >= 0.6 is 0 Å². The fourth-order valence-electron chi connectivity index (χ4n) is 2.47. The van der Waals surface area contributed by atoms with Gasteiger partial charge in [0.15, 0.2) is 11.5 Å². The molecule has 0 heterocycles. The molecule has 0 amide bonds. The van der Waals surface area contributed by atoms with Crippen LogP contribution in [0, 0.1) is 0 Å². The third-order valence-electron chi connectivity index (χ3n) is 3.63. The van der Waals surface area contributed by atoms with Crippen LogP contribution in [-0.4, -0.2) is 27.9 Å². The van der Waals surface area contributed by atoms with Gasteiger partial charge in [-0.3, -0.25) is 0 Å². The number of aromatic hydroxyl groups is 3. The van der Waals surface area contributed by atoms with Gasteiger partial charge in [-0.25, -0.2) is 0 Å².